The summed E-state index contributed by atoms with van der Waals surface area (Å²) in [7, 11) is 0. The number of carbonyl (C=O) groups excluding carboxylic acids is 2. The standard InChI is InChI=1S/C22H26N2O4S/c1-17(25)29-15-14-24(13-12-18-8-4-2-5-9-18)22(28)23-20(21(26)27)16-19-10-6-3-7-11-19/h2-11,20H,12-16H2,1H3,(H,23,28)(H,26,27)/t20-/m0/s1. The molecule has 0 aliphatic heterocycles. The van der Waals surface area contributed by atoms with E-state index in [1.54, 1.807) is 4.90 Å². The zero-order valence-corrected chi connectivity index (χ0v) is 17.2. The molecule has 0 saturated heterocycles. The number of carboxylic acids is 1. The van der Waals surface area contributed by atoms with Gasteiger partial charge in [0.15, 0.2) is 5.12 Å². The van der Waals surface area contributed by atoms with E-state index in [0.29, 0.717) is 25.3 Å². The summed E-state index contributed by atoms with van der Waals surface area (Å²) in [6.07, 6.45) is 0.853. The summed E-state index contributed by atoms with van der Waals surface area (Å²) < 4.78 is 0. The van der Waals surface area contributed by atoms with Gasteiger partial charge in [-0.1, -0.05) is 72.4 Å². The van der Waals surface area contributed by atoms with Crippen molar-refractivity contribution in [3.63, 3.8) is 0 Å². The molecule has 154 valence electrons. The Kier molecular flexibility index (Phi) is 9.24. The van der Waals surface area contributed by atoms with Crippen LogP contribution in [0.5, 0.6) is 0 Å². The van der Waals surface area contributed by atoms with Crippen LogP contribution in [0.2, 0.25) is 0 Å². The molecule has 2 aromatic rings. The number of carboxylic acid groups (broad SMARTS) is 1. The molecule has 1 atom stereocenters. The molecule has 0 unspecified atom stereocenters. The highest BCUT2D eigenvalue weighted by Gasteiger charge is 2.23. The number of nitrogens with zero attached hydrogens (tertiary/aromatic N) is 1. The van der Waals surface area contributed by atoms with Crippen molar-refractivity contribution in [3.05, 3.63) is 71.8 Å². The van der Waals surface area contributed by atoms with Gasteiger partial charge in [-0.15, -0.1) is 0 Å². The lowest BCUT2D eigenvalue weighted by molar-refractivity contribution is -0.139. The lowest BCUT2D eigenvalue weighted by atomic mass is 10.1. The lowest BCUT2D eigenvalue weighted by Crippen LogP contribution is -2.50. The Morgan fingerprint density at radius 1 is 0.966 bits per heavy atom. The highest BCUT2D eigenvalue weighted by atomic mass is 32.2. The first-order chi connectivity index (χ1) is 14.0. The Bertz CT molecular complexity index is 799. The van der Waals surface area contributed by atoms with Crippen molar-refractivity contribution in [2.24, 2.45) is 0 Å². The van der Waals surface area contributed by atoms with E-state index in [-0.39, 0.29) is 11.5 Å². The fourth-order valence-corrected chi connectivity index (χ4v) is 3.41. The minimum atomic E-state index is -1.08. The van der Waals surface area contributed by atoms with Gasteiger partial charge in [0, 0.05) is 32.2 Å². The van der Waals surface area contributed by atoms with Crippen LogP contribution in [0.15, 0.2) is 60.7 Å². The van der Waals surface area contributed by atoms with Gasteiger partial charge in [-0.2, -0.15) is 0 Å². The molecule has 0 bridgehead atoms. The monoisotopic (exact) mass is 414 g/mol. The summed E-state index contributed by atoms with van der Waals surface area (Å²) in [5.74, 6) is -0.614. The fourth-order valence-electron chi connectivity index (χ4n) is 2.81. The highest BCUT2D eigenvalue weighted by Crippen LogP contribution is 2.08. The van der Waals surface area contributed by atoms with Gasteiger partial charge in [-0.05, 0) is 17.5 Å². The molecule has 7 heteroatoms. The van der Waals surface area contributed by atoms with Crippen LogP contribution in [-0.2, 0) is 22.4 Å². The van der Waals surface area contributed by atoms with Gasteiger partial charge in [0.25, 0.3) is 0 Å². The minimum absolute atomic E-state index is 0.0130. The molecule has 2 aromatic carbocycles. The predicted molar refractivity (Wildman–Crippen MR) is 115 cm³/mol. The van der Waals surface area contributed by atoms with Crippen molar-refractivity contribution in [2.75, 3.05) is 18.8 Å². The first kappa shape index (κ1) is 22.5. The van der Waals surface area contributed by atoms with E-state index in [1.165, 1.54) is 6.92 Å². The zero-order valence-electron chi connectivity index (χ0n) is 16.4. The molecule has 0 heterocycles. The van der Waals surface area contributed by atoms with Crippen LogP contribution in [-0.4, -0.2) is 52.0 Å². The van der Waals surface area contributed by atoms with Crippen LogP contribution in [0.1, 0.15) is 18.1 Å². The number of urea groups is 1. The molecule has 29 heavy (non-hydrogen) atoms. The molecular formula is C22H26N2O4S. The van der Waals surface area contributed by atoms with E-state index in [0.717, 1.165) is 22.9 Å². The minimum Gasteiger partial charge on any atom is -0.480 e. The van der Waals surface area contributed by atoms with Crippen LogP contribution in [0, 0.1) is 0 Å². The van der Waals surface area contributed by atoms with Crippen LogP contribution >= 0.6 is 11.8 Å². The molecule has 0 radical (unpaired) electrons. The predicted octanol–water partition coefficient (Wildman–Crippen LogP) is 3.22. The van der Waals surface area contributed by atoms with E-state index in [9.17, 15) is 19.5 Å². The van der Waals surface area contributed by atoms with Gasteiger partial charge < -0.3 is 15.3 Å². The molecule has 0 aromatic heterocycles. The fraction of sp³-hybridized carbons (Fsp3) is 0.318. The van der Waals surface area contributed by atoms with E-state index in [1.807, 2.05) is 60.7 Å². The van der Waals surface area contributed by atoms with Crippen LogP contribution in [0.3, 0.4) is 0 Å². The third kappa shape index (κ3) is 8.39. The first-order valence-corrected chi connectivity index (χ1v) is 10.4. The van der Waals surface area contributed by atoms with Crippen molar-refractivity contribution in [3.8, 4) is 0 Å². The smallest absolute Gasteiger partial charge is 0.326 e. The molecule has 0 aliphatic carbocycles. The Morgan fingerprint density at radius 3 is 2.10 bits per heavy atom. The van der Waals surface area contributed by atoms with Crippen LogP contribution in [0.4, 0.5) is 4.79 Å². The summed E-state index contributed by atoms with van der Waals surface area (Å²) in [5, 5.41) is 12.2. The normalized spacial score (nSPS) is 11.5. The van der Waals surface area contributed by atoms with Crippen LogP contribution in [0.25, 0.3) is 0 Å². The van der Waals surface area contributed by atoms with E-state index >= 15 is 0 Å². The number of hydrogen-bond donors (Lipinski definition) is 2. The number of carbonyl (C=O) groups is 3. The number of thioether (sulfide) groups is 1. The molecule has 2 amide bonds. The van der Waals surface area contributed by atoms with Crippen molar-refractivity contribution in [2.45, 2.75) is 25.8 Å². The highest BCUT2D eigenvalue weighted by molar-refractivity contribution is 8.13. The number of rotatable bonds is 10. The Hall–Kier alpha value is -2.80. The molecule has 0 aliphatic rings. The second kappa shape index (κ2) is 11.9. The topological polar surface area (TPSA) is 86.7 Å². The first-order valence-electron chi connectivity index (χ1n) is 9.45. The molecule has 0 saturated carbocycles. The third-order valence-corrected chi connectivity index (χ3v) is 5.14. The SMILES string of the molecule is CC(=O)SCCN(CCc1ccccc1)C(=O)N[C@@H](Cc1ccccc1)C(=O)O. The number of nitrogens with one attached hydrogen (secondary N) is 1. The van der Waals surface area contributed by atoms with Gasteiger partial charge >= 0.3 is 12.0 Å². The van der Waals surface area contributed by atoms with E-state index in [2.05, 4.69) is 5.32 Å². The van der Waals surface area contributed by atoms with Gasteiger partial charge in [0.2, 0.25) is 0 Å². The third-order valence-electron chi connectivity index (χ3n) is 4.35. The number of amides is 2. The average Bonchev–Trinajstić information content (AvgIpc) is 2.71. The second-order valence-corrected chi connectivity index (χ2v) is 7.86. The Morgan fingerprint density at radius 2 is 1.55 bits per heavy atom. The summed E-state index contributed by atoms with van der Waals surface area (Å²) in [6, 6.07) is 17.5. The van der Waals surface area contributed by atoms with Gasteiger partial charge in [-0.25, -0.2) is 9.59 Å². The average molecular weight is 415 g/mol. The molecule has 0 spiro atoms. The van der Waals surface area contributed by atoms with Gasteiger partial charge in [0.05, 0.1) is 0 Å². The lowest BCUT2D eigenvalue weighted by Gasteiger charge is -2.25. The number of benzene rings is 2. The number of aliphatic carboxylic acids is 1. The van der Waals surface area contributed by atoms with Gasteiger partial charge in [-0.3, -0.25) is 4.79 Å². The Balaban J connectivity index is 2.02. The summed E-state index contributed by atoms with van der Waals surface area (Å²) in [5.41, 5.74) is 1.92. The maximum absolute atomic E-state index is 12.8. The Labute approximate surface area is 175 Å². The van der Waals surface area contributed by atoms with Crippen molar-refractivity contribution >= 4 is 28.9 Å². The largest absolute Gasteiger partial charge is 0.480 e. The molecule has 6 nitrogen and oxygen atoms in total. The van der Waals surface area contributed by atoms with E-state index < -0.39 is 18.0 Å². The maximum Gasteiger partial charge on any atom is 0.326 e. The van der Waals surface area contributed by atoms with Crippen molar-refractivity contribution in [1.82, 2.24) is 10.2 Å². The molecule has 2 N–H and O–H groups in total. The van der Waals surface area contributed by atoms with E-state index in [4.69, 9.17) is 0 Å². The second-order valence-electron chi connectivity index (χ2n) is 6.59. The summed E-state index contributed by atoms with van der Waals surface area (Å²) in [6.45, 7) is 2.28. The van der Waals surface area contributed by atoms with Crippen molar-refractivity contribution in [1.29, 1.82) is 0 Å². The molecule has 0 fully saturated rings. The molecular weight excluding hydrogens is 388 g/mol. The van der Waals surface area contributed by atoms with Crippen molar-refractivity contribution < 1.29 is 19.5 Å². The number of hydrogen-bond acceptors (Lipinski definition) is 4. The molecule has 2 rings (SSSR count). The zero-order chi connectivity index (χ0) is 21.1. The maximum atomic E-state index is 12.8. The van der Waals surface area contributed by atoms with Crippen LogP contribution < -0.4 is 5.32 Å². The quantitative estimate of drug-likeness (QED) is 0.623. The van der Waals surface area contributed by atoms with Gasteiger partial charge in [0.1, 0.15) is 6.04 Å². The summed E-state index contributed by atoms with van der Waals surface area (Å²) >= 11 is 1.15. The summed E-state index contributed by atoms with van der Waals surface area (Å²) in [4.78, 5) is 37.2.